The topological polar surface area (TPSA) is 60.9 Å². The fraction of sp³-hybridized carbons (Fsp3) is 0.520. The second kappa shape index (κ2) is 10.6. The van der Waals surface area contributed by atoms with Crippen LogP contribution < -0.4 is 14.2 Å². The van der Waals surface area contributed by atoms with Crippen molar-refractivity contribution in [1.29, 1.82) is 0 Å². The first kappa shape index (κ1) is 24.4. The first-order chi connectivity index (χ1) is 15.2. The molecule has 0 aliphatic carbocycles. The van der Waals surface area contributed by atoms with Crippen LogP contribution in [0.1, 0.15) is 66.4 Å². The number of rotatable bonds is 8. The molecule has 2 aromatic rings. The molecule has 32 heavy (non-hydrogen) atoms. The Labute approximate surface area is 199 Å². The molecular formula is C25H33BrN2O4. The number of carbonyl (C=O) groups is 1. The largest absolute Gasteiger partial charge is 0.491 e. The molecule has 0 spiro atoms. The Hall–Kier alpha value is -2.28. The van der Waals surface area contributed by atoms with Crippen molar-refractivity contribution >= 4 is 21.8 Å². The fourth-order valence-electron chi connectivity index (χ4n) is 3.79. The monoisotopic (exact) mass is 504 g/mol. The number of hydrogen-bond acceptors (Lipinski definition) is 5. The van der Waals surface area contributed by atoms with Crippen molar-refractivity contribution in [3.63, 3.8) is 0 Å². The van der Waals surface area contributed by atoms with E-state index in [1.54, 1.807) is 0 Å². The first-order valence-electron chi connectivity index (χ1n) is 11.2. The van der Waals surface area contributed by atoms with Crippen LogP contribution in [0.25, 0.3) is 0 Å². The maximum atomic E-state index is 13.7. The van der Waals surface area contributed by atoms with Crippen LogP contribution in [0.5, 0.6) is 17.4 Å². The Bertz CT molecular complexity index is 991. The zero-order valence-electron chi connectivity index (χ0n) is 19.9. The van der Waals surface area contributed by atoms with Gasteiger partial charge in [-0.25, -0.2) is 4.98 Å². The van der Waals surface area contributed by atoms with Gasteiger partial charge in [0.25, 0.3) is 5.91 Å². The highest BCUT2D eigenvalue weighted by molar-refractivity contribution is 9.10. The number of nitrogens with zero attached hydrogens (tertiary/aromatic N) is 2. The number of hydrogen-bond donors (Lipinski definition) is 0. The van der Waals surface area contributed by atoms with Crippen molar-refractivity contribution in [3.05, 3.63) is 44.6 Å². The lowest BCUT2D eigenvalue weighted by atomic mass is 10.0. The van der Waals surface area contributed by atoms with Crippen molar-refractivity contribution in [2.24, 2.45) is 0 Å². The average molecular weight is 505 g/mol. The number of carbonyl (C=O) groups excluding carboxylic acids is 1. The molecule has 0 radical (unpaired) electrons. The van der Waals surface area contributed by atoms with E-state index >= 15 is 0 Å². The van der Waals surface area contributed by atoms with Gasteiger partial charge in [-0.15, -0.1) is 0 Å². The minimum absolute atomic E-state index is 0.000613. The summed E-state index contributed by atoms with van der Waals surface area (Å²) in [5, 5.41) is 0. The maximum Gasteiger partial charge on any atom is 0.258 e. The molecule has 1 aliphatic rings. The van der Waals surface area contributed by atoms with Gasteiger partial charge in [0.15, 0.2) is 0 Å². The van der Waals surface area contributed by atoms with Gasteiger partial charge in [0.05, 0.1) is 35.8 Å². The molecule has 0 saturated heterocycles. The molecule has 174 valence electrons. The van der Waals surface area contributed by atoms with Crippen LogP contribution in [-0.2, 0) is 6.54 Å². The summed E-state index contributed by atoms with van der Waals surface area (Å²) in [5.41, 5.74) is 4.24. The van der Waals surface area contributed by atoms with E-state index in [2.05, 4.69) is 27.8 Å². The third-order valence-corrected chi connectivity index (χ3v) is 6.03. The molecule has 7 heteroatoms. The van der Waals surface area contributed by atoms with E-state index in [1.165, 1.54) is 0 Å². The number of aromatic nitrogens is 1. The quantitative estimate of drug-likeness (QED) is 0.427. The summed E-state index contributed by atoms with van der Waals surface area (Å²) in [6, 6.07) is 3.91. The van der Waals surface area contributed by atoms with E-state index < -0.39 is 0 Å². The molecule has 2 heterocycles. The maximum absolute atomic E-state index is 13.7. The summed E-state index contributed by atoms with van der Waals surface area (Å²) in [7, 11) is 0. The van der Waals surface area contributed by atoms with Gasteiger partial charge in [-0.05, 0) is 74.7 Å². The minimum Gasteiger partial charge on any atom is -0.491 e. The van der Waals surface area contributed by atoms with E-state index in [0.717, 1.165) is 39.7 Å². The first-order valence-corrected chi connectivity index (χ1v) is 12.0. The number of fused-ring (bicyclic) bond motifs is 1. The molecule has 0 saturated carbocycles. The molecule has 0 N–H and O–H groups in total. The zero-order chi connectivity index (χ0) is 23.4. The number of halogens is 1. The third-order valence-electron chi connectivity index (χ3n) is 5.44. The predicted molar refractivity (Wildman–Crippen MR) is 129 cm³/mol. The van der Waals surface area contributed by atoms with Crippen LogP contribution in [-0.4, -0.2) is 41.7 Å². The SMILES string of the molecule is CCCCOc1nc(C)cc(C)c1CN1CCOc2c(Br)cc(OC(C)C)c(C)c2C1=O. The Kier molecular flexibility index (Phi) is 8.04. The highest BCUT2D eigenvalue weighted by atomic mass is 79.9. The van der Waals surface area contributed by atoms with Gasteiger partial charge in [0.2, 0.25) is 5.88 Å². The second-order valence-electron chi connectivity index (χ2n) is 8.49. The molecule has 0 unspecified atom stereocenters. The van der Waals surface area contributed by atoms with E-state index in [9.17, 15) is 4.79 Å². The van der Waals surface area contributed by atoms with E-state index in [-0.39, 0.29) is 12.0 Å². The molecule has 0 bridgehead atoms. The standard InChI is InChI=1S/C25H33BrN2O4/c1-7-8-10-31-24-19(16(4)12-17(5)27-24)14-28-9-11-30-23-20(26)13-21(32-15(2)3)18(6)22(23)25(28)29/h12-13,15H,7-11,14H2,1-6H3. The Morgan fingerprint density at radius 1 is 1.25 bits per heavy atom. The van der Waals surface area contributed by atoms with E-state index in [4.69, 9.17) is 14.2 Å². The molecule has 0 atom stereocenters. The van der Waals surface area contributed by atoms with Crippen molar-refractivity contribution in [3.8, 4) is 17.4 Å². The van der Waals surface area contributed by atoms with Crippen molar-refractivity contribution in [1.82, 2.24) is 9.88 Å². The van der Waals surface area contributed by atoms with Gasteiger partial charge < -0.3 is 19.1 Å². The molecule has 1 aliphatic heterocycles. The number of amides is 1. The van der Waals surface area contributed by atoms with Gasteiger partial charge in [0, 0.05) is 16.8 Å². The normalized spacial score (nSPS) is 13.6. The smallest absolute Gasteiger partial charge is 0.258 e. The van der Waals surface area contributed by atoms with E-state index in [1.807, 2.05) is 51.7 Å². The highest BCUT2D eigenvalue weighted by Gasteiger charge is 2.30. The number of aryl methyl sites for hydroxylation is 2. The molecule has 1 aromatic carbocycles. The average Bonchev–Trinajstić information content (AvgIpc) is 2.87. The summed E-state index contributed by atoms with van der Waals surface area (Å²) in [5.74, 6) is 1.79. The van der Waals surface area contributed by atoms with Gasteiger partial charge in [-0.2, -0.15) is 0 Å². The van der Waals surface area contributed by atoms with E-state index in [0.29, 0.717) is 49.2 Å². The Morgan fingerprint density at radius 2 is 2.00 bits per heavy atom. The van der Waals surface area contributed by atoms with Gasteiger partial charge >= 0.3 is 0 Å². The highest BCUT2D eigenvalue weighted by Crippen LogP contribution is 2.40. The molecule has 1 amide bonds. The lowest BCUT2D eigenvalue weighted by molar-refractivity contribution is 0.0739. The van der Waals surface area contributed by atoms with Crippen LogP contribution in [0.2, 0.25) is 0 Å². The zero-order valence-corrected chi connectivity index (χ0v) is 21.5. The summed E-state index contributed by atoms with van der Waals surface area (Å²) in [4.78, 5) is 20.1. The van der Waals surface area contributed by atoms with Crippen LogP contribution in [0, 0.1) is 20.8 Å². The summed E-state index contributed by atoms with van der Waals surface area (Å²) >= 11 is 3.57. The van der Waals surface area contributed by atoms with Crippen LogP contribution in [0.4, 0.5) is 0 Å². The summed E-state index contributed by atoms with van der Waals surface area (Å²) < 4.78 is 18.7. The fourth-order valence-corrected chi connectivity index (χ4v) is 4.31. The number of benzene rings is 1. The Balaban J connectivity index is 1.97. The summed E-state index contributed by atoms with van der Waals surface area (Å²) in [6.45, 7) is 13.9. The van der Waals surface area contributed by atoms with Gasteiger partial charge in [-0.3, -0.25) is 4.79 Å². The molecule has 1 aromatic heterocycles. The van der Waals surface area contributed by atoms with Gasteiger partial charge in [-0.1, -0.05) is 13.3 Å². The molecule has 3 rings (SSSR count). The van der Waals surface area contributed by atoms with Crippen LogP contribution in [0.3, 0.4) is 0 Å². The summed E-state index contributed by atoms with van der Waals surface area (Å²) in [6.07, 6.45) is 2.01. The van der Waals surface area contributed by atoms with Crippen molar-refractivity contribution < 1.29 is 19.0 Å². The molecule has 6 nitrogen and oxygen atoms in total. The lowest BCUT2D eigenvalue weighted by Gasteiger charge is -2.24. The third kappa shape index (κ3) is 5.37. The van der Waals surface area contributed by atoms with Gasteiger partial charge in [0.1, 0.15) is 18.1 Å². The minimum atomic E-state index is -0.0793. The number of ether oxygens (including phenoxy) is 3. The molecular weight excluding hydrogens is 472 g/mol. The second-order valence-corrected chi connectivity index (χ2v) is 9.35. The Morgan fingerprint density at radius 3 is 2.69 bits per heavy atom. The number of unbranched alkanes of at least 4 members (excludes halogenated alkanes) is 1. The number of pyridine rings is 1. The lowest BCUT2D eigenvalue weighted by Crippen LogP contribution is -2.33. The van der Waals surface area contributed by atoms with Crippen molar-refractivity contribution in [2.45, 2.75) is 67.0 Å². The van der Waals surface area contributed by atoms with Crippen molar-refractivity contribution in [2.75, 3.05) is 19.8 Å². The van der Waals surface area contributed by atoms with Crippen LogP contribution >= 0.6 is 15.9 Å². The predicted octanol–water partition coefficient (Wildman–Crippen LogP) is 5.77. The van der Waals surface area contributed by atoms with Crippen LogP contribution in [0.15, 0.2) is 16.6 Å². The molecule has 0 fully saturated rings.